The minimum Gasteiger partial charge on any atom is -0.497 e. The number of imide groups is 1. The van der Waals surface area contributed by atoms with Crippen molar-refractivity contribution in [2.24, 2.45) is 0 Å². The molecule has 0 unspecified atom stereocenters. The summed E-state index contributed by atoms with van der Waals surface area (Å²) in [6.07, 6.45) is 0. The molecule has 0 fully saturated rings. The van der Waals surface area contributed by atoms with Crippen LogP contribution in [0.2, 0.25) is 0 Å². The Morgan fingerprint density at radius 2 is 1.74 bits per heavy atom. The van der Waals surface area contributed by atoms with Crippen LogP contribution >= 0.6 is 27.7 Å². The Bertz CT molecular complexity index is 675. The van der Waals surface area contributed by atoms with E-state index in [0.717, 1.165) is 9.37 Å². The molecule has 0 aliphatic rings. The average Bonchev–Trinajstić information content (AvgIpc) is 2.55. The number of hydrogen-bond donors (Lipinski definition) is 2. The highest BCUT2D eigenvalue weighted by Crippen LogP contribution is 2.20. The fraction of sp³-hybridized carbons (Fsp3) is 0.125. The van der Waals surface area contributed by atoms with Crippen LogP contribution in [0.5, 0.6) is 5.75 Å². The van der Waals surface area contributed by atoms with E-state index in [4.69, 9.17) is 4.74 Å². The summed E-state index contributed by atoms with van der Waals surface area (Å²) in [5.41, 5.74) is 0.580. The molecular weight excluding hydrogens is 380 g/mol. The molecule has 2 aromatic carbocycles. The lowest BCUT2D eigenvalue weighted by Gasteiger charge is -2.07. The summed E-state index contributed by atoms with van der Waals surface area (Å²) in [7, 11) is 1.57. The molecule has 0 aliphatic heterocycles. The standard InChI is InChI=1S/C16H15BrN2O3S/c1-22-13-6-4-12(5-7-13)18-16(21)19-15(20)10-23-14-8-2-11(17)3-9-14/h2-9H,10H2,1H3,(H2,18,19,20,21). The van der Waals surface area contributed by atoms with E-state index in [0.29, 0.717) is 11.4 Å². The van der Waals surface area contributed by atoms with E-state index >= 15 is 0 Å². The molecule has 0 spiro atoms. The molecule has 3 amide bonds. The smallest absolute Gasteiger partial charge is 0.325 e. The van der Waals surface area contributed by atoms with E-state index in [1.807, 2.05) is 24.3 Å². The number of urea groups is 1. The number of rotatable bonds is 5. The summed E-state index contributed by atoms with van der Waals surface area (Å²) in [6, 6.07) is 13.9. The summed E-state index contributed by atoms with van der Waals surface area (Å²) < 4.78 is 6.01. The first kappa shape index (κ1) is 17.4. The fourth-order valence-corrected chi connectivity index (χ4v) is 2.64. The van der Waals surface area contributed by atoms with Crippen molar-refractivity contribution in [2.45, 2.75) is 4.90 Å². The molecular formula is C16H15BrN2O3S. The van der Waals surface area contributed by atoms with Gasteiger partial charge in [0.05, 0.1) is 12.9 Å². The van der Waals surface area contributed by atoms with Gasteiger partial charge >= 0.3 is 6.03 Å². The molecule has 0 aliphatic carbocycles. The zero-order valence-electron chi connectivity index (χ0n) is 12.3. The van der Waals surface area contributed by atoms with Crippen LogP contribution in [0.1, 0.15) is 0 Å². The van der Waals surface area contributed by atoms with E-state index in [-0.39, 0.29) is 11.7 Å². The number of carbonyl (C=O) groups is 2. The van der Waals surface area contributed by atoms with Crippen LogP contribution in [-0.2, 0) is 4.79 Å². The Labute approximate surface area is 146 Å². The second kappa shape index (κ2) is 8.59. The molecule has 0 radical (unpaired) electrons. The lowest BCUT2D eigenvalue weighted by molar-refractivity contribution is -0.117. The first-order chi connectivity index (χ1) is 11.1. The van der Waals surface area contributed by atoms with Crippen molar-refractivity contribution < 1.29 is 14.3 Å². The van der Waals surface area contributed by atoms with Crippen molar-refractivity contribution >= 4 is 45.3 Å². The number of thioether (sulfide) groups is 1. The number of hydrogen-bond acceptors (Lipinski definition) is 4. The quantitative estimate of drug-likeness (QED) is 0.754. The number of halogens is 1. The van der Waals surface area contributed by atoms with Gasteiger partial charge in [-0.15, -0.1) is 11.8 Å². The zero-order chi connectivity index (χ0) is 16.7. The van der Waals surface area contributed by atoms with Crippen LogP contribution in [0.4, 0.5) is 10.5 Å². The Kier molecular flexibility index (Phi) is 6.49. The van der Waals surface area contributed by atoms with Crippen molar-refractivity contribution in [3.63, 3.8) is 0 Å². The van der Waals surface area contributed by atoms with Gasteiger partial charge in [-0.2, -0.15) is 0 Å². The normalized spacial score (nSPS) is 10.0. The molecule has 2 aromatic rings. The SMILES string of the molecule is COc1ccc(NC(=O)NC(=O)CSc2ccc(Br)cc2)cc1. The Hall–Kier alpha value is -1.99. The van der Waals surface area contributed by atoms with Crippen molar-refractivity contribution in [1.82, 2.24) is 5.32 Å². The number of methoxy groups -OCH3 is 1. The van der Waals surface area contributed by atoms with Crippen LogP contribution < -0.4 is 15.4 Å². The molecule has 0 bridgehead atoms. The van der Waals surface area contributed by atoms with E-state index < -0.39 is 6.03 Å². The van der Waals surface area contributed by atoms with Gasteiger partial charge in [0.25, 0.3) is 0 Å². The highest BCUT2D eigenvalue weighted by molar-refractivity contribution is 9.10. The van der Waals surface area contributed by atoms with Crippen LogP contribution in [0.25, 0.3) is 0 Å². The van der Waals surface area contributed by atoms with Gasteiger partial charge in [0, 0.05) is 15.1 Å². The van der Waals surface area contributed by atoms with Gasteiger partial charge in [0.1, 0.15) is 5.75 Å². The first-order valence-corrected chi connectivity index (χ1v) is 8.48. The summed E-state index contributed by atoms with van der Waals surface area (Å²) in [4.78, 5) is 24.5. The van der Waals surface area contributed by atoms with Crippen molar-refractivity contribution in [3.05, 3.63) is 53.0 Å². The van der Waals surface area contributed by atoms with E-state index in [1.165, 1.54) is 11.8 Å². The third-order valence-corrected chi connectivity index (χ3v) is 4.33. The molecule has 2 N–H and O–H groups in total. The van der Waals surface area contributed by atoms with Gasteiger partial charge in [-0.3, -0.25) is 10.1 Å². The molecule has 0 saturated heterocycles. The summed E-state index contributed by atoms with van der Waals surface area (Å²) >= 11 is 4.71. The fourth-order valence-electron chi connectivity index (χ4n) is 1.68. The molecule has 120 valence electrons. The summed E-state index contributed by atoms with van der Waals surface area (Å²) in [5.74, 6) is 0.499. The molecule has 7 heteroatoms. The number of benzene rings is 2. The maximum Gasteiger partial charge on any atom is 0.325 e. The third kappa shape index (κ3) is 5.96. The second-order valence-corrected chi connectivity index (χ2v) is 6.44. The number of carbonyl (C=O) groups excluding carboxylic acids is 2. The van der Waals surface area contributed by atoms with E-state index in [9.17, 15) is 9.59 Å². The van der Waals surface area contributed by atoms with Crippen molar-refractivity contribution in [1.29, 1.82) is 0 Å². The molecule has 0 heterocycles. The number of anilines is 1. The lowest BCUT2D eigenvalue weighted by atomic mass is 10.3. The first-order valence-electron chi connectivity index (χ1n) is 6.70. The van der Waals surface area contributed by atoms with E-state index in [1.54, 1.807) is 31.4 Å². The highest BCUT2D eigenvalue weighted by Gasteiger charge is 2.08. The molecule has 0 aromatic heterocycles. The molecule has 5 nitrogen and oxygen atoms in total. The summed E-state index contributed by atoms with van der Waals surface area (Å²) in [6.45, 7) is 0. The van der Waals surface area contributed by atoms with Gasteiger partial charge in [-0.1, -0.05) is 15.9 Å². The summed E-state index contributed by atoms with van der Waals surface area (Å²) in [5, 5.41) is 4.88. The van der Waals surface area contributed by atoms with E-state index in [2.05, 4.69) is 26.6 Å². The van der Waals surface area contributed by atoms with Gasteiger partial charge in [0.2, 0.25) is 5.91 Å². The maximum atomic E-state index is 11.8. The second-order valence-electron chi connectivity index (χ2n) is 4.47. The topological polar surface area (TPSA) is 67.4 Å². The maximum absolute atomic E-state index is 11.8. The Morgan fingerprint density at radius 3 is 2.35 bits per heavy atom. The predicted molar refractivity (Wildman–Crippen MR) is 95.0 cm³/mol. The lowest BCUT2D eigenvalue weighted by Crippen LogP contribution is -2.35. The third-order valence-electron chi connectivity index (χ3n) is 2.78. The highest BCUT2D eigenvalue weighted by atomic mass is 79.9. The minimum atomic E-state index is -0.559. The Morgan fingerprint density at radius 1 is 1.09 bits per heavy atom. The predicted octanol–water partition coefficient (Wildman–Crippen LogP) is 3.90. The Balaban J connectivity index is 1.77. The average molecular weight is 395 g/mol. The van der Waals surface area contributed by atoms with Crippen molar-refractivity contribution in [3.8, 4) is 5.75 Å². The van der Waals surface area contributed by atoms with Gasteiger partial charge in [-0.25, -0.2) is 4.79 Å². The van der Waals surface area contributed by atoms with Gasteiger partial charge < -0.3 is 10.1 Å². The molecule has 23 heavy (non-hydrogen) atoms. The zero-order valence-corrected chi connectivity index (χ0v) is 14.7. The van der Waals surface area contributed by atoms with Gasteiger partial charge in [0.15, 0.2) is 0 Å². The minimum absolute atomic E-state index is 0.164. The van der Waals surface area contributed by atoms with Crippen LogP contribution in [0.15, 0.2) is 57.9 Å². The van der Waals surface area contributed by atoms with Crippen LogP contribution in [0.3, 0.4) is 0 Å². The van der Waals surface area contributed by atoms with Crippen LogP contribution in [0, 0.1) is 0 Å². The number of amides is 3. The number of nitrogens with one attached hydrogen (secondary N) is 2. The van der Waals surface area contributed by atoms with Crippen molar-refractivity contribution in [2.75, 3.05) is 18.2 Å². The molecule has 2 rings (SSSR count). The van der Waals surface area contributed by atoms with Crippen LogP contribution in [-0.4, -0.2) is 24.8 Å². The molecule has 0 atom stereocenters. The van der Waals surface area contributed by atoms with Gasteiger partial charge in [-0.05, 0) is 48.5 Å². The number of ether oxygens (including phenoxy) is 1. The largest absolute Gasteiger partial charge is 0.497 e. The monoisotopic (exact) mass is 394 g/mol. The molecule has 0 saturated carbocycles.